The molecule has 0 unspecified atom stereocenters. The van der Waals surface area contributed by atoms with Gasteiger partial charge in [0.15, 0.2) is 0 Å². The summed E-state index contributed by atoms with van der Waals surface area (Å²) >= 11 is 0. The number of anilines is 1. The van der Waals surface area contributed by atoms with Crippen LogP contribution < -0.4 is 10.6 Å². The molecule has 1 amide bonds. The lowest BCUT2D eigenvalue weighted by Gasteiger charge is -2.29. The van der Waals surface area contributed by atoms with Crippen molar-refractivity contribution in [2.75, 3.05) is 25.5 Å². The Morgan fingerprint density at radius 3 is 2.78 bits per heavy atom. The molecule has 2 N–H and O–H groups in total. The number of hydrogen-bond acceptors (Lipinski definition) is 5. The standard InChI is InChI=1S/C25H26N6O/c1-30-10-7-19(12-23(30)17-5-8-26-9-6-17)25(32)29-24-13-21-11-18(3-4-20(21)14-27-24)22-15-28-31(2)16-22/h3-5,8,11-16,26H,6-7,9-10H2,1-2H3,(H,27,29,32). The third-order valence-electron chi connectivity index (χ3n) is 6.00. The zero-order valence-electron chi connectivity index (χ0n) is 18.3. The van der Waals surface area contributed by atoms with Crippen LogP contribution in [0.5, 0.6) is 0 Å². The first-order chi connectivity index (χ1) is 15.6. The predicted molar refractivity (Wildman–Crippen MR) is 127 cm³/mol. The van der Waals surface area contributed by atoms with Crippen molar-refractivity contribution in [3.05, 3.63) is 78.1 Å². The molecule has 0 spiro atoms. The Hall–Kier alpha value is -3.87. The van der Waals surface area contributed by atoms with E-state index in [0.29, 0.717) is 12.2 Å². The highest BCUT2D eigenvalue weighted by Gasteiger charge is 2.20. The van der Waals surface area contributed by atoms with Crippen molar-refractivity contribution in [2.24, 2.45) is 7.05 Å². The molecule has 7 heteroatoms. The number of pyridine rings is 1. The molecule has 32 heavy (non-hydrogen) atoms. The highest BCUT2D eigenvalue weighted by atomic mass is 16.1. The largest absolute Gasteiger partial charge is 0.391 e. The van der Waals surface area contributed by atoms with Gasteiger partial charge in [0, 0.05) is 61.8 Å². The molecule has 5 rings (SSSR count). The second-order valence-corrected chi connectivity index (χ2v) is 8.28. The van der Waals surface area contributed by atoms with Crippen LogP contribution in [0.15, 0.2) is 78.1 Å². The molecular formula is C25H26N6O. The van der Waals surface area contributed by atoms with E-state index < -0.39 is 0 Å². The summed E-state index contributed by atoms with van der Waals surface area (Å²) < 4.78 is 1.79. The number of rotatable bonds is 3. The fourth-order valence-electron chi connectivity index (χ4n) is 4.18. The summed E-state index contributed by atoms with van der Waals surface area (Å²) in [5.74, 6) is 0.464. The Morgan fingerprint density at radius 2 is 2.00 bits per heavy atom. The van der Waals surface area contributed by atoms with Crippen molar-refractivity contribution in [1.29, 1.82) is 0 Å². The van der Waals surface area contributed by atoms with Crippen LogP contribution in [0.1, 0.15) is 12.8 Å². The molecular weight excluding hydrogens is 400 g/mol. The minimum absolute atomic E-state index is 0.0932. The van der Waals surface area contributed by atoms with Crippen LogP contribution in [0.2, 0.25) is 0 Å². The number of aryl methyl sites for hydroxylation is 1. The predicted octanol–water partition coefficient (Wildman–Crippen LogP) is 3.60. The van der Waals surface area contributed by atoms with Crippen LogP contribution in [0.3, 0.4) is 0 Å². The minimum atomic E-state index is -0.0932. The molecule has 0 aliphatic carbocycles. The van der Waals surface area contributed by atoms with Gasteiger partial charge in [-0.3, -0.25) is 9.48 Å². The molecule has 0 bridgehead atoms. The van der Waals surface area contributed by atoms with Gasteiger partial charge in [-0.05, 0) is 59.8 Å². The first kappa shape index (κ1) is 20.1. The van der Waals surface area contributed by atoms with E-state index in [4.69, 9.17) is 0 Å². The normalized spacial score (nSPS) is 18.4. The molecule has 2 aliphatic rings. The van der Waals surface area contributed by atoms with E-state index in [1.54, 1.807) is 10.9 Å². The Kier molecular flexibility index (Phi) is 5.23. The minimum Gasteiger partial charge on any atom is -0.391 e. The van der Waals surface area contributed by atoms with Crippen LogP contribution in [0.25, 0.3) is 21.9 Å². The zero-order valence-corrected chi connectivity index (χ0v) is 18.3. The second-order valence-electron chi connectivity index (χ2n) is 8.28. The number of benzene rings is 1. The molecule has 0 fully saturated rings. The van der Waals surface area contributed by atoms with E-state index in [0.717, 1.165) is 52.7 Å². The van der Waals surface area contributed by atoms with E-state index in [9.17, 15) is 4.79 Å². The molecule has 2 aliphatic heterocycles. The molecule has 0 saturated carbocycles. The number of nitrogens with one attached hydrogen (secondary N) is 2. The molecule has 162 valence electrons. The number of nitrogens with zero attached hydrogens (tertiary/aromatic N) is 4. The van der Waals surface area contributed by atoms with Gasteiger partial charge in [-0.1, -0.05) is 12.1 Å². The van der Waals surface area contributed by atoms with E-state index >= 15 is 0 Å². The fraction of sp³-hybridized carbons (Fsp3) is 0.240. The van der Waals surface area contributed by atoms with Crippen LogP contribution in [-0.2, 0) is 11.8 Å². The molecule has 0 atom stereocenters. The number of fused-ring (bicyclic) bond motifs is 1. The van der Waals surface area contributed by atoms with Gasteiger partial charge in [-0.2, -0.15) is 5.10 Å². The first-order valence-electron chi connectivity index (χ1n) is 10.8. The smallest absolute Gasteiger partial charge is 0.252 e. The Bertz CT molecular complexity index is 1280. The van der Waals surface area contributed by atoms with Gasteiger partial charge in [-0.15, -0.1) is 0 Å². The summed E-state index contributed by atoms with van der Waals surface area (Å²) in [7, 11) is 3.98. The summed E-state index contributed by atoms with van der Waals surface area (Å²) in [6, 6.07) is 8.13. The molecule has 3 aromatic rings. The van der Waals surface area contributed by atoms with Crippen molar-refractivity contribution in [1.82, 2.24) is 25.0 Å². The number of carbonyl (C=O) groups is 1. The number of allylic oxidation sites excluding steroid dienone is 2. The maximum absolute atomic E-state index is 13.0. The van der Waals surface area contributed by atoms with Gasteiger partial charge < -0.3 is 15.5 Å². The maximum Gasteiger partial charge on any atom is 0.252 e. The van der Waals surface area contributed by atoms with Crippen molar-refractivity contribution in [2.45, 2.75) is 12.8 Å². The van der Waals surface area contributed by atoms with Gasteiger partial charge in [0.25, 0.3) is 5.91 Å². The number of hydrogen-bond donors (Lipinski definition) is 2. The number of amides is 1. The summed E-state index contributed by atoms with van der Waals surface area (Å²) in [5, 5.41) is 12.5. The zero-order chi connectivity index (χ0) is 22.1. The average molecular weight is 427 g/mol. The maximum atomic E-state index is 13.0. The van der Waals surface area contributed by atoms with Crippen molar-refractivity contribution >= 4 is 22.5 Å². The third kappa shape index (κ3) is 4.01. The monoisotopic (exact) mass is 426 g/mol. The Balaban J connectivity index is 1.40. The summed E-state index contributed by atoms with van der Waals surface area (Å²) in [4.78, 5) is 19.7. The summed E-state index contributed by atoms with van der Waals surface area (Å²) in [6.45, 7) is 1.74. The number of likely N-dealkylation sites (N-methyl/N-ethyl adjacent to an activating group) is 1. The van der Waals surface area contributed by atoms with E-state index in [2.05, 4.69) is 50.9 Å². The van der Waals surface area contributed by atoms with Crippen LogP contribution >= 0.6 is 0 Å². The molecule has 0 saturated heterocycles. The second kappa shape index (κ2) is 8.34. The lowest BCUT2D eigenvalue weighted by Crippen LogP contribution is -2.29. The molecule has 1 aromatic carbocycles. The number of aromatic nitrogens is 3. The van der Waals surface area contributed by atoms with Crippen LogP contribution in [0, 0.1) is 0 Å². The van der Waals surface area contributed by atoms with Gasteiger partial charge in [0.2, 0.25) is 0 Å². The number of carbonyl (C=O) groups excluding carboxylic acids is 1. The highest BCUT2D eigenvalue weighted by molar-refractivity contribution is 6.04. The molecule has 7 nitrogen and oxygen atoms in total. The van der Waals surface area contributed by atoms with Crippen molar-refractivity contribution < 1.29 is 4.79 Å². The van der Waals surface area contributed by atoms with Crippen molar-refractivity contribution in [3.8, 4) is 11.1 Å². The van der Waals surface area contributed by atoms with E-state index in [-0.39, 0.29) is 5.91 Å². The summed E-state index contributed by atoms with van der Waals surface area (Å²) in [6.07, 6.45) is 13.4. The lowest BCUT2D eigenvalue weighted by molar-refractivity contribution is -0.113. The molecule has 0 radical (unpaired) electrons. The highest BCUT2D eigenvalue weighted by Crippen LogP contribution is 2.27. The SMILES string of the molecule is CN1CCC(C(=O)Nc2cc3cc(-c4cnn(C)c4)ccc3cn2)=CC1=C1C=CNCC1. The van der Waals surface area contributed by atoms with E-state index in [1.807, 2.05) is 43.9 Å². The lowest BCUT2D eigenvalue weighted by atomic mass is 9.99. The fourth-order valence-corrected chi connectivity index (χ4v) is 4.18. The van der Waals surface area contributed by atoms with Crippen LogP contribution in [0.4, 0.5) is 5.82 Å². The quantitative estimate of drug-likeness (QED) is 0.669. The Labute approximate surface area is 187 Å². The van der Waals surface area contributed by atoms with Crippen molar-refractivity contribution in [3.63, 3.8) is 0 Å². The molecule has 2 aromatic heterocycles. The van der Waals surface area contributed by atoms with Gasteiger partial charge in [-0.25, -0.2) is 4.98 Å². The first-order valence-corrected chi connectivity index (χ1v) is 10.8. The van der Waals surface area contributed by atoms with E-state index in [1.165, 1.54) is 5.57 Å². The summed E-state index contributed by atoms with van der Waals surface area (Å²) in [5.41, 5.74) is 5.29. The van der Waals surface area contributed by atoms with Crippen LogP contribution in [-0.4, -0.2) is 45.7 Å². The van der Waals surface area contributed by atoms with Gasteiger partial charge in [0.05, 0.1) is 6.20 Å². The molecule has 4 heterocycles. The average Bonchev–Trinajstić information content (AvgIpc) is 3.25. The van der Waals surface area contributed by atoms with Gasteiger partial charge in [0.1, 0.15) is 5.82 Å². The topological polar surface area (TPSA) is 75.1 Å². The van der Waals surface area contributed by atoms with Gasteiger partial charge >= 0.3 is 0 Å². The Morgan fingerprint density at radius 1 is 1.09 bits per heavy atom. The third-order valence-corrected chi connectivity index (χ3v) is 6.00.